The predicted octanol–water partition coefficient (Wildman–Crippen LogP) is 2.06. The van der Waals surface area contributed by atoms with Crippen molar-refractivity contribution >= 4 is 11.3 Å². The molecule has 0 aliphatic carbocycles. The molecule has 1 unspecified atom stereocenters. The highest BCUT2D eigenvalue weighted by Crippen LogP contribution is 2.37. The number of ether oxygens (including phenoxy) is 1. The van der Waals surface area contributed by atoms with E-state index in [4.69, 9.17) is 10.5 Å². The fourth-order valence-corrected chi connectivity index (χ4v) is 2.89. The van der Waals surface area contributed by atoms with Gasteiger partial charge in [-0.1, -0.05) is 0 Å². The molecule has 4 heteroatoms. The summed E-state index contributed by atoms with van der Waals surface area (Å²) >= 11 is 1.72. The van der Waals surface area contributed by atoms with E-state index in [9.17, 15) is 0 Å². The lowest BCUT2D eigenvalue weighted by Gasteiger charge is -2.19. The average Bonchev–Trinajstić information content (AvgIpc) is 2.84. The largest absolute Gasteiger partial charge is 0.368 e. The Balaban J connectivity index is 2.05. The van der Waals surface area contributed by atoms with E-state index in [0.717, 1.165) is 49.5 Å². The van der Waals surface area contributed by atoms with Crippen molar-refractivity contribution in [2.75, 3.05) is 13.2 Å². The van der Waals surface area contributed by atoms with Gasteiger partial charge in [-0.25, -0.2) is 4.98 Å². The van der Waals surface area contributed by atoms with Crippen molar-refractivity contribution in [3.05, 3.63) is 16.1 Å². The van der Waals surface area contributed by atoms with Gasteiger partial charge in [0.15, 0.2) is 0 Å². The number of hydrogen-bond acceptors (Lipinski definition) is 4. The summed E-state index contributed by atoms with van der Waals surface area (Å²) in [6, 6.07) is 0. The van der Waals surface area contributed by atoms with Crippen molar-refractivity contribution in [2.45, 2.75) is 38.2 Å². The number of aromatic nitrogens is 1. The molecule has 1 aliphatic heterocycles. The summed E-state index contributed by atoms with van der Waals surface area (Å²) in [6.45, 7) is 3.75. The van der Waals surface area contributed by atoms with E-state index in [-0.39, 0.29) is 5.60 Å². The molecule has 0 aromatic carbocycles. The Hall–Kier alpha value is -0.450. The lowest BCUT2D eigenvalue weighted by molar-refractivity contribution is 0.0165. The molecule has 84 valence electrons. The van der Waals surface area contributed by atoms with Crippen molar-refractivity contribution in [1.29, 1.82) is 0 Å². The van der Waals surface area contributed by atoms with Crippen LogP contribution < -0.4 is 5.73 Å². The standard InChI is InChI=1S/C11H18N2OS/c1-11(5-3-7-14-11)10-13-9(8-15-10)4-2-6-12/h8H,2-7,12H2,1H3. The zero-order chi connectivity index (χ0) is 10.7. The van der Waals surface area contributed by atoms with Crippen LogP contribution in [-0.4, -0.2) is 18.1 Å². The monoisotopic (exact) mass is 226 g/mol. The molecule has 2 rings (SSSR count). The zero-order valence-corrected chi connectivity index (χ0v) is 9.98. The summed E-state index contributed by atoms with van der Waals surface area (Å²) in [5.41, 5.74) is 6.53. The summed E-state index contributed by atoms with van der Waals surface area (Å²) < 4.78 is 5.77. The van der Waals surface area contributed by atoms with Crippen LogP contribution in [0.2, 0.25) is 0 Å². The van der Waals surface area contributed by atoms with Crippen LogP contribution in [0, 0.1) is 0 Å². The van der Waals surface area contributed by atoms with E-state index in [1.54, 1.807) is 11.3 Å². The normalized spacial score (nSPS) is 26.0. The highest BCUT2D eigenvalue weighted by Gasteiger charge is 2.34. The molecule has 2 N–H and O–H groups in total. The Kier molecular flexibility index (Phi) is 3.38. The Morgan fingerprint density at radius 1 is 1.67 bits per heavy atom. The van der Waals surface area contributed by atoms with Gasteiger partial charge in [-0.05, 0) is 39.2 Å². The minimum absolute atomic E-state index is 0.119. The van der Waals surface area contributed by atoms with E-state index in [2.05, 4.69) is 17.3 Å². The quantitative estimate of drug-likeness (QED) is 0.855. The fraction of sp³-hybridized carbons (Fsp3) is 0.727. The summed E-state index contributed by atoms with van der Waals surface area (Å²) in [4.78, 5) is 4.64. The summed E-state index contributed by atoms with van der Waals surface area (Å²) in [7, 11) is 0. The molecule has 1 fully saturated rings. The second-order valence-electron chi connectivity index (χ2n) is 4.22. The third-order valence-corrected chi connectivity index (χ3v) is 4.00. The molecule has 0 spiro atoms. The topological polar surface area (TPSA) is 48.1 Å². The van der Waals surface area contributed by atoms with Gasteiger partial charge < -0.3 is 10.5 Å². The van der Waals surface area contributed by atoms with Crippen LogP contribution in [0.4, 0.5) is 0 Å². The maximum absolute atomic E-state index is 5.77. The minimum Gasteiger partial charge on any atom is -0.368 e. The van der Waals surface area contributed by atoms with Crippen LogP contribution >= 0.6 is 11.3 Å². The smallest absolute Gasteiger partial charge is 0.125 e. The van der Waals surface area contributed by atoms with E-state index in [0.29, 0.717) is 0 Å². The first-order valence-corrected chi connectivity index (χ1v) is 6.41. The van der Waals surface area contributed by atoms with Crippen LogP contribution in [0.5, 0.6) is 0 Å². The number of nitrogens with two attached hydrogens (primary N) is 1. The molecule has 0 amide bonds. The highest BCUT2D eigenvalue weighted by molar-refractivity contribution is 7.09. The maximum Gasteiger partial charge on any atom is 0.125 e. The number of hydrogen-bond donors (Lipinski definition) is 1. The molecular weight excluding hydrogens is 208 g/mol. The van der Waals surface area contributed by atoms with Gasteiger partial charge in [0.05, 0.1) is 5.69 Å². The molecule has 1 atom stereocenters. The molecule has 1 saturated heterocycles. The number of aryl methyl sites for hydroxylation is 1. The first-order valence-electron chi connectivity index (χ1n) is 5.53. The Labute approximate surface area is 94.7 Å². The SMILES string of the molecule is CC1(c2nc(CCCN)cs2)CCCO1. The van der Waals surface area contributed by atoms with Gasteiger partial charge in [0, 0.05) is 12.0 Å². The first-order chi connectivity index (χ1) is 7.24. The van der Waals surface area contributed by atoms with Crippen molar-refractivity contribution in [2.24, 2.45) is 5.73 Å². The number of nitrogens with zero attached hydrogens (tertiary/aromatic N) is 1. The maximum atomic E-state index is 5.77. The van der Waals surface area contributed by atoms with Gasteiger partial charge in [0.25, 0.3) is 0 Å². The second-order valence-corrected chi connectivity index (χ2v) is 5.08. The molecule has 15 heavy (non-hydrogen) atoms. The number of thiazole rings is 1. The molecule has 2 heterocycles. The minimum atomic E-state index is -0.119. The third-order valence-electron chi connectivity index (χ3n) is 2.86. The van der Waals surface area contributed by atoms with Crippen LogP contribution in [-0.2, 0) is 16.8 Å². The van der Waals surface area contributed by atoms with E-state index in [1.807, 2.05) is 0 Å². The van der Waals surface area contributed by atoms with Gasteiger partial charge in [0.1, 0.15) is 10.6 Å². The van der Waals surface area contributed by atoms with E-state index < -0.39 is 0 Å². The van der Waals surface area contributed by atoms with Crippen molar-refractivity contribution < 1.29 is 4.74 Å². The number of rotatable bonds is 4. The molecule has 1 aliphatic rings. The fourth-order valence-electron chi connectivity index (χ4n) is 1.90. The molecule has 1 aromatic rings. The zero-order valence-electron chi connectivity index (χ0n) is 9.16. The van der Waals surface area contributed by atoms with Gasteiger partial charge >= 0.3 is 0 Å². The molecule has 3 nitrogen and oxygen atoms in total. The second kappa shape index (κ2) is 4.60. The van der Waals surface area contributed by atoms with Crippen molar-refractivity contribution in [3.8, 4) is 0 Å². The van der Waals surface area contributed by atoms with Crippen LogP contribution in [0.25, 0.3) is 0 Å². The highest BCUT2D eigenvalue weighted by atomic mass is 32.1. The van der Waals surface area contributed by atoms with E-state index >= 15 is 0 Å². The van der Waals surface area contributed by atoms with Crippen LogP contribution in [0.3, 0.4) is 0 Å². The summed E-state index contributed by atoms with van der Waals surface area (Å²) in [5, 5.41) is 3.27. The molecule has 0 saturated carbocycles. The van der Waals surface area contributed by atoms with Crippen LogP contribution in [0.15, 0.2) is 5.38 Å². The molecule has 1 aromatic heterocycles. The van der Waals surface area contributed by atoms with Gasteiger partial charge in [-0.15, -0.1) is 11.3 Å². The van der Waals surface area contributed by atoms with Gasteiger partial charge in [-0.3, -0.25) is 0 Å². The Bertz CT molecular complexity index is 318. The van der Waals surface area contributed by atoms with E-state index in [1.165, 1.54) is 0 Å². The van der Waals surface area contributed by atoms with Gasteiger partial charge in [0.2, 0.25) is 0 Å². The first kappa shape index (κ1) is 11.0. The summed E-state index contributed by atoms with van der Waals surface area (Å²) in [5.74, 6) is 0. The van der Waals surface area contributed by atoms with Crippen molar-refractivity contribution in [3.63, 3.8) is 0 Å². The van der Waals surface area contributed by atoms with Crippen LogP contribution in [0.1, 0.15) is 36.9 Å². The predicted molar refractivity (Wildman–Crippen MR) is 62.0 cm³/mol. The Morgan fingerprint density at radius 2 is 2.53 bits per heavy atom. The third kappa shape index (κ3) is 2.38. The molecular formula is C11H18N2OS. The average molecular weight is 226 g/mol. The Morgan fingerprint density at radius 3 is 3.20 bits per heavy atom. The summed E-state index contributed by atoms with van der Waals surface area (Å²) in [6.07, 6.45) is 4.24. The molecule has 0 bridgehead atoms. The lowest BCUT2D eigenvalue weighted by Crippen LogP contribution is -2.19. The lowest BCUT2D eigenvalue weighted by atomic mass is 10.0. The molecule has 0 radical (unpaired) electrons. The van der Waals surface area contributed by atoms with Crippen molar-refractivity contribution in [1.82, 2.24) is 4.98 Å². The van der Waals surface area contributed by atoms with Gasteiger partial charge in [-0.2, -0.15) is 0 Å².